The number of carbonyl (C=O) groups is 1. The van der Waals surface area contributed by atoms with Crippen LogP contribution in [0.25, 0.3) is 0 Å². The molecular weight excluding hydrogens is 224 g/mol. The Kier molecular flexibility index (Phi) is 4.66. The summed E-state index contributed by atoms with van der Waals surface area (Å²) in [6, 6.07) is 0.609. The largest absolute Gasteiger partial charge is 0.340 e. The molecular formula is C15H28N2O. The second-order valence-corrected chi connectivity index (χ2v) is 6.41. The molecule has 104 valence electrons. The second kappa shape index (κ2) is 6.05. The van der Waals surface area contributed by atoms with Crippen LogP contribution in [-0.2, 0) is 4.79 Å². The molecule has 0 unspecified atom stereocenters. The fourth-order valence-corrected chi connectivity index (χ4v) is 3.22. The third-order valence-corrected chi connectivity index (χ3v) is 4.72. The maximum absolute atomic E-state index is 12.4. The van der Waals surface area contributed by atoms with Crippen molar-refractivity contribution in [2.75, 3.05) is 26.2 Å². The van der Waals surface area contributed by atoms with Crippen LogP contribution in [0.5, 0.6) is 0 Å². The van der Waals surface area contributed by atoms with E-state index < -0.39 is 0 Å². The SMILES string of the molecule is CC1CCC(C(=O)N2CCN(C(C)C)CC2)CC1. The van der Waals surface area contributed by atoms with E-state index in [1.165, 1.54) is 12.8 Å². The Hall–Kier alpha value is -0.570. The van der Waals surface area contributed by atoms with Gasteiger partial charge in [-0.25, -0.2) is 0 Å². The van der Waals surface area contributed by atoms with Crippen LogP contribution in [0.15, 0.2) is 0 Å². The van der Waals surface area contributed by atoms with Gasteiger partial charge in [-0.1, -0.05) is 6.92 Å². The van der Waals surface area contributed by atoms with Crippen LogP contribution in [0.3, 0.4) is 0 Å². The molecule has 0 aromatic carbocycles. The summed E-state index contributed by atoms with van der Waals surface area (Å²) in [5.74, 6) is 1.59. The molecule has 0 N–H and O–H groups in total. The summed E-state index contributed by atoms with van der Waals surface area (Å²) in [6.07, 6.45) is 4.71. The lowest BCUT2D eigenvalue weighted by molar-refractivity contribution is -0.138. The molecule has 3 heteroatoms. The van der Waals surface area contributed by atoms with Crippen LogP contribution < -0.4 is 0 Å². The lowest BCUT2D eigenvalue weighted by Gasteiger charge is -2.39. The number of piperazine rings is 1. The van der Waals surface area contributed by atoms with Gasteiger partial charge < -0.3 is 4.90 Å². The average Bonchev–Trinajstić information content (AvgIpc) is 2.39. The smallest absolute Gasteiger partial charge is 0.225 e. The van der Waals surface area contributed by atoms with Crippen LogP contribution in [0.4, 0.5) is 0 Å². The Morgan fingerprint density at radius 1 is 1.00 bits per heavy atom. The highest BCUT2D eigenvalue weighted by molar-refractivity contribution is 5.79. The third-order valence-electron chi connectivity index (χ3n) is 4.72. The molecule has 0 atom stereocenters. The number of amides is 1. The molecule has 18 heavy (non-hydrogen) atoms. The topological polar surface area (TPSA) is 23.6 Å². The number of nitrogens with zero attached hydrogens (tertiary/aromatic N) is 2. The summed E-state index contributed by atoms with van der Waals surface area (Å²) in [6.45, 7) is 10.7. The number of hydrogen-bond donors (Lipinski definition) is 0. The van der Waals surface area contributed by atoms with Crippen molar-refractivity contribution in [1.82, 2.24) is 9.80 Å². The first-order valence-electron chi connectivity index (χ1n) is 7.60. The van der Waals surface area contributed by atoms with E-state index in [-0.39, 0.29) is 0 Å². The zero-order chi connectivity index (χ0) is 13.1. The van der Waals surface area contributed by atoms with Gasteiger partial charge >= 0.3 is 0 Å². The summed E-state index contributed by atoms with van der Waals surface area (Å²) in [4.78, 5) is 17.0. The molecule has 1 saturated carbocycles. The average molecular weight is 252 g/mol. The third kappa shape index (κ3) is 3.25. The molecule has 0 radical (unpaired) electrons. The van der Waals surface area contributed by atoms with Crippen LogP contribution in [-0.4, -0.2) is 47.9 Å². The predicted molar refractivity (Wildman–Crippen MR) is 74.4 cm³/mol. The zero-order valence-electron chi connectivity index (χ0n) is 12.2. The van der Waals surface area contributed by atoms with Crippen molar-refractivity contribution >= 4 is 5.91 Å². The Bertz CT molecular complexity index is 274. The fourth-order valence-electron chi connectivity index (χ4n) is 3.22. The van der Waals surface area contributed by atoms with E-state index in [9.17, 15) is 4.79 Å². The standard InChI is InChI=1S/C15H28N2O/c1-12(2)16-8-10-17(11-9-16)15(18)14-6-4-13(3)5-7-14/h12-14H,4-11H2,1-3H3. The van der Waals surface area contributed by atoms with Crippen molar-refractivity contribution in [3.63, 3.8) is 0 Å². The molecule has 1 aliphatic carbocycles. The van der Waals surface area contributed by atoms with Crippen molar-refractivity contribution in [2.45, 2.75) is 52.5 Å². The number of rotatable bonds is 2. The van der Waals surface area contributed by atoms with Gasteiger partial charge in [-0.2, -0.15) is 0 Å². The summed E-state index contributed by atoms with van der Waals surface area (Å²) >= 11 is 0. The predicted octanol–water partition coefficient (Wildman–Crippen LogP) is 2.37. The Balaban J connectivity index is 1.80. The summed E-state index contributed by atoms with van der Waals surface area (Å²) in [7, 11) is 0. The highest BCUT2D eigenvalue weighted by atomic mass is 16.2. The van der Waals surface area contributed by atoms with Crippen LogP contribution in [0.1, 0.15) is 46.5 Å². The first kappa shape index (κ1) is 13.9. The molecule has 0 aromatic rings. The van der Waals surface area contributed by atoms with E-state index in [1.807, 2.05) is 0 Å². The van der Waals surface area contributed by atoms with Gasteiger partial charge in [-0.05, 0) is 45.4 Å². The molecule has 0 bridgehead atoms. The summed E-state index contributed by atoms with van der Waals surface area (Å²) in [5.41, 5.74) is 0. The van der Waals surface area contributed by atoms with Crippen molar-refractivity contribution in [2.24, 2.45) is 11.8 Å². The van der Waals surface area contributed by atoms with E-state index in [4.69, 9.17) is 0 Å². The minimum Gasteiger partial charge on any atom is -0.340 e. The molecule has 1 amide bonds. The fraction of sp³-hybridized carbons (Fsp3) is 0.933. The zero-order valence-corrected chi connectivity index (χ0v) is 12.2. The monoisotopic (exact) mass is 252 g/mol. The Morgan fingerprint density at radius 3 is 2.06 bits per heavy atom. The number of carbonyl (C=O) groups excluding carboxylic acids is 1. The maximum Gasteiger partial charge on any atom is 0.225 e. The lowest BCUT2D eigenvalue weighted by Crippen LogP contribution is -2.52. The normalized spacial score (nSPS) is 30.8. The first-order valence-corrected chi connectivity index (χ1v) is 7.60. The van der Waals surface area contributed by atoms with Gasteiger partial charge in [-0.15, -0.1) is 0 Å². The van der Waals surface area contributed by atoms with Crippen molar-refractivity contribution < 1.29 is 4.79 Å². The molecule has 1 heterocycles. The Morgan fingerprint density at radius 2 is 1.56 bits per heavy atom. The van der Waals surface area contributed by atoms with Crippen molar-refractivity contribution in [1.29, 1.82) is 0 Å². The number of hydrogen-bond acceptors (Lipinski definition) is 2. The van der Waals surface area contributed by atoms with E-state index in [0.717, 1.165) is 44.9 Å². The van der Waals surface area contributed by atoms with Gasteiger partial charge in [-0.3, -0.25) is 9.69 Å². The van der Waals surface area contributed by atoms with Crippen LogP contribution in [0, 0.1) is 11.8 Å². The second-order valence-electron chi connectivity index (χ2n) is 6.41. The van der Waals surface area contributed by atoms with Gasteiger partial charge in [0.2, 0.25) is 5.91 Å². The minimum absolute atomic E-state index is 0.326. The highest BCUT2D eigenvalue weighted by Gasteiger charge is 2.30. The molecule has 1 aliphatic heterocycles. The van der Waals surface area contributed by atoms with Crippen molar-refractivity contribution in [3.05, 3.63) is 0 Å². The van der Waals surface area contributed by atoms with Gasteiger partial charge in [0, 0.05) is 38.1 Å². The van der Waals surface area contributed by atoms with Gasteiger partial charge in [0.25, 0.3) is 0 Å². The van der Waals surface area contributed by atoms with E-state index in [1.54, 1.807) is 0 Å². The van der Waals surface area contributed by atoms with Gasteiger partial charge in [0.05, 0.1) is 0 Å². The molecule has 3 nitrogen and oxygen atoms in total. The molecule has 1 saturated heterocycles. The molecule has 0 spiro atoms. The summed E-state index contributed by atoms with van der Waals surface area (Å²) < 4.78 is 0. The lowest BCUT2D eigenvalue weighted by atomic mass is 9.82. The molecule has 2 aliphatic rings. The van der Waals surface area contributed by atoms with Crippen LogP contribution >= 0.6 is 0 Å². The molecule has 0 aromatic heterocycles. The van der Waals surface area contributed by atoms with Gasteiger partial charge in [0.15, 0.2) is 0 Å². The highest BCUT2D eigenvalue weighted by Crippen LogP contribution is 2.29. The van der Waals surface area contributed by atoms with Crippen molar-refractivity contribution in [3.8, 4) is 0 Å². The molecule has 2 rings (SSSR count). The van der Waals surface area contributed by atoms with E-state index in [2.05, 4.69) is 30.6 Å². The quantitative estimate of drug-likeness (QED) is 0.753. The minimum atomic E-state index is 0.326. The molecule has 2 fully saturated rings. The van der Waals surface area contributed by atoms with E-state index >= 15 is 0 Å². The van der Waals surface area contributed by atoms with Gasteiger partial charge in [0.1, 0.15) is 0 Å². The van der Waals surface area contributed by atoms with Crippen LogP contribution in [0.2, 0.25) is 0 Å². The maximum atomic E-state index is 12.4. The first-order chi connectivity index (χ1) is 8.58. The van der Waals surface area contributed by atoms with E-state index in [0.29, 0.717) is 17.9 Å². The Labute approximate surface area is 112 Å². The summed E-state index contributed by atoms with van der Waals surface area (Å²) in [5, 5.41) is 0.